The lowest BCUT2D eigenvalue weighted by Crippen LogP contribution is -2.26. The minimum atomic E-state index is -0.0293. The van der Waals surface area contributed by atoms with E-state index in [-0.39, 0.29) is 5.91 Å². The fraction of sp³-hybridized carbons (Fsp3) is 0.391. The van der Waals surface area contributed by atoms with Gasteiger partial charge in [-0.1, -0.05) is 18.2 Å². The van der Waals surface area contributed by atoms with Crippen LogP contribution in [0.1, 0.15) is 33.7 Å². The number of amides is 1. The minimum absolute atomic E-state index is 0.0293. The molecule has 3 rings (SSSR count). The normalized spacial score (nSPS) is 11.3. The van der Waals surface area contributed by atoms with Crippen LogP contribution in [-0.2, 0) is 13.0 Å². The molecule has 3 aromatic rings. The summed E-state index contributed by atoms with van der Waals surface area (Å²) in [5.74, 6) is 0.999. The molecule has 28 heavy (non-hydrogen) atoms. The van der Waals surface area contributed by atoms with Crippen LogP contribution < -0.4 is 5.32 Å². The van der Waals surface area contributed by atoms with Gasteiger partial charge in [-0.15, -0.1) is 0 Å². The Bertz CT molecular complexity index is 958. The summed E-state index contributed by atoms with van der Waals surface area (Å²) in [5, 5.41) is 3.04. The molecule has 2 aromatic carbocycles. The number of aryl methyl sites for hydroxylation is 3. The van der Waals surface area contributed by atoms with Gasteiger partial charge in [0.25, 0.3) is 5.91 Å². The second kappa shape index (κ2) is 9.02. The fourth-order valence-corrected chi connectivity index (χ4v) is 3.38. The van der Waals surface area contributed by atoms with Crippen LogP contribution in [0.5, 0.6) is 0 Å². The molecule has 1 N–H and O–H groups in total. The maximum absolute atomic E-state index is 12.5. The summed E-state index contributed by atoms with van der Waals surface area (Å²) >= 11 is 0. The van der Waals surface area contributed by atoms with Crippen molar-refractivity contribution < 1.29 is 4.79 Å². The van der Waals surface area contributed by atoms with Crippen molar-refractivity contribution in [3.8, 4) is 0 Å². The number of fused-ring (bicyclic) bond motifs is 1. The first-order valence-electron chi connectivity index (χ1n) is 9.90. The number of carbonyl (C=O) groups is 1. The van der Waals surface area contributed by atoms with E-state index >= 15 is 0 Å². The number of nitrogens with one attached hydrogen (secondary N) is 1. The van der Waals surface area contributed by atoms with E-state index in [1.54, 1.807) is 0 Å². The first-order chi connectivity index (χ1) is 13.5. The number of aromatic nitrogens is 2. The zero-order valence-electron chi connectivity index (χ0n) is 17.3. The van der Waals surface area contributed by atoms with E-state index in [4.69, 9.17) is 4.98 Å². The third-order valence-electron chi connectivity index (χ3n) is 5.12. The van der Waals surface area contributed by atoms with Gasteiger partial charge in [-0.2, -0.15) is 0 Å². The first-order valence-corrected chi connectivity index (χ1v) is 9.90. The van der Waals surface area contributed by atoms with Gasteiger partial charge in [0.05, 0.1) is 11.0 Å². The minimum Gasteiger partial charge on any atom is -0.352 e. The van der Waals surface area contributed by atoms with E-state index < -0.39 is 0 Å². The molecule has 0 spiro atoms. The summed E-state index contributed by atoms with van der Waals surface area (Å²) in [6.07, 6.45) is 1.78. The molecule has 0 saturated carbocycles. The van der Waals surface area contributed by atoms with Crippen LogP contribution in [0.2, 0.25) is 0 Å². The van der Waals surface area contributed by atoms with E-state index in [2.05, 4.69) is 54.0 Å². The van der Waals surface area contributed by atoms with Crippen molar-refractivity contribution in [3.63, 3.8) is 0 Å². The highest BCUT2D eigenvalue weighted by atomic mass is 16.1. The number of hydrogen-bond donors (Lipinski definition) is 1. The average Bonchev–Trinajstić information content (AvgIpc) is 3.01. The van der Waals surface area contributed by atoms with Crippen LogP contribution in [0.25, 0.3) is 11.0 Å². The smallest absolute Gasteiger partial charge is 0.251 e. The lowest BCUT2D eigenvalue weighted by molar-refractivity contribution is 0.0954. The molecule has 0 fully saturated rings. The van der Waals surface area contributed by atoms with E-state index in [0.29, 0.717) is 18.5 Å². The van der Waals surface area contributed by atoms with Gasteiger partial charge < -0.3 is 14.8 Å². The molecule has 0 aliphatic heterocycles. The van der Waals surface area contributed by atoms with Gasteiger partial charge in [0, 0.05) is 25.1 Å². The lowest BCUT2D eigenvalue weighted by Gasteiger charge is -2.13. The Morgan fingerprint density at radius 3 is 2.64 bits per heavy atom. The molecule has 0 atom stereocenters. The van der Waals surface area contributed by atoms with Gasteiger partial charge in [0.1, 0.15) is 5.82 Å². The Hall–Kier alpha value is -2.66. The zero-order chi connectivity index (χ0) is 20.1. The van der Waals surface area contributed by atoms with Gasteiger partial charge in [-0.3, -0.25) is 4.79 Å². The number of imidazole rings is 1. The lowest BCUT2D eigenvalue weighted by atomic mass is 10.1. The van der Waals surface area contributed by atoms with Crippen molar-refractivity contribution in [3.05, 3.63) is 65.0 Å². The molecule has 0 aliphatic carbocycles. The Balaban J connectivity index is 1.67. The molecule has 0 saturated heterocycles. The second-order valence-corrected chi connectivity index (χ2v) is 7.63. The molecule has 0 unspecified atom stereocenters. The average molecular weight is 379 g/mol. The summed E-state index contributed by atoms with van der Waals surface area (Å²) in [6, 6.07) is 14.1. The summed E-state index contributed by atoms with van der Waals surface area (Å²) in [5.41, 5.74) is 5.22. The van der Waals surface area contributed by atoms with Crippen molar-refractivity contribution in [1.82, 2.24) is 19.8 Å². The monoisotopic (exact) mass is 378 g/mol. The van der Waals surface area contributed by atoms with Crippen molar-refractivity contribution in [2.45, 2.75) is 33.2 Å². The van der Waals surface area contributed by atoms with Crippen LogP contribution in [0.3, 0.4) is 0 Å². The third kappa shape index (κ3) is 4.78. The van der Waals surface area contributed by atoms with Crippen molar-refractivity contribution in [2.75, 3.05) is 27.2 Å². The molecular weight excluding hydrogens is 348 g/mol. The molecule has 1 amide bonds. The maximum Gasteiger partial charge on any atom is 0.251 e. The highest BCUT2D eigenvalue weighted by Gasteiger charge is 2.12. The number of nitrogens with zero attached hydrogens (tertiary/aromatic N) is 3. The van der Waals surface area contributed by atoms with Gasteiger partial charge >= 0.3 is 0 Å². The summed E-state index contributed by atoms with van der Waals surface area (Å²) in [6.45, 7) is 6.62. The molecule has 0 aliphatic rings. The predicted molar refractivity (Wildman–Crippen MR) is 115 cm³/mol. The Morgan fingerprint density at radius 1 is 1.11 bits per heavy atom. The quantitative estimate of drug-likeness (QED) is 0.652. The Labute approximate surface area is 167 Å². The predicted octanol–water partition coefficient (Wildman–Crippen LogP) is 3.58. The Morgan fingerprint density at radius 2 is 1.89 bits per heavy atom. The number of para-hydroxylation sites is 2. The number of carbonyl (C=O) groups excluding carboxylic acids is 1. The van der Waals surface area contributed by atoms with E-state index in [1.165, 1.54) is 5.56 Å². The van der Waals surface area contributed by atoms with Crippen LogP contribution in [0.15, 0.2) is 42.5 Å². The van der Waals surface area contributed by atoms with Gasteiger partial charge in [0.15, 0.2) is 0 Å². The van der Waals surface area contributed by atoms with E-state index in [1.807, 2.05) is 31.2 Å². The number of hydrogen-bond acceptors (Lipinski definition) is 3. The molecule has 0 bridgehead atoms. The number of rotatable bonds is 8. The molecule has 148 valence electrons. The van der Waals surface area contributed by atoms with Gasteiger partial charge in [0.2, 0.25) is 0 Å². The fourth-order valence-electron chi connectivity index (χ4n) is 3.38. The first kappa shape index (κ1) is 20.1. The molecule has 5 heteroatoms. The topological polar surface area (TPSA) is 50.2 Å². The van der Waals surface area contributed by atoms with Crippen LogP contribution in [-0.4, -0.2) is 47.5 Å². The molecular formula is C23H30N4O. The van der Waals surface area contributed by atoms with E-state index in [9.17, 15) is 4.79 Å². The van der Waals surface area contributed by atoms with Crippen molar-refractivity contribution >= 4 is 16.9 Å². The highest BCUT2D eigenvalue weighted by Crippen LogP contribution is 2.17. The Kier molecular flexibility index (Phi) is 6.47. The zero-order valence-corrected chi connectivity index (χ0v) is 17.3. The molecule has 0 radical (unpaired) electrons. The molecule has 5 nitrogen and oxygen atoms in total. The SMILES string of the molecule is Cc1ccc(C(=O)NCCc2nc3ccccc3n2CCCN(C)C)cc1C. The number of benzene rings is 2. The summed E-state index contributed by atoms with van der Waals surface area (Å²) in [7, 11) is 4.19. The molecule has 1 heterocycles. The summed E-state index contributed by atoms with van der Waals surface area (Å²) in [4.78, 5) is 19.5. The van der Waals surface area contributed by atoms with Crippen molar-refractivity contribution in [2.24, 2.45) is 0 Å². The highest BCUT2D eigenvalue weighted by molar-refractivity contribution is 5.94. The molecule has 1 aromatic heterocycles. The van der Waals surface area contributed by atoms with Crippen LogP contribution >= 0.6 is 0 Å². The van der Waals surface area contributed by atoms with Crippen molar-refractivity contribution in [1.29, 1.82) is 0 Å². The van der Waals surface area contributed by atoms with E-state index in [0.717, 1.165) is 41.9 Å². The van der Waals surface area contributed by atoms with Gasteiger partial charge in [-0.05, 0) is 76.3 Å². The van der Waals surface area contributed by atoms with Crippen LogP contribution in [0.4, 0.5) is 0 Å². The van der Waals surface area contributed by atoms with Gasteiger partial charge in [-0.25, -0.2) is 4.98 Å². The second-order valence-electron chi connectivity index (χ2n) is 7.63. The standard InChI is InChI=1S/C23H30N4O/c1-17-10-11-19(16-18(17)2)23(28)24-13-12-22-25-20-8-5-6-9-21(20)27(22)15-7-14-26(3)4/h5-6,8-11,16H,7,12-15H2,1-4H3,(H,24,28). The largest absolute Gasteiger partial charge is 0.352 e. The maximum atomic E-state index is 12.5. The summed E-state index contributed by atoms with van der Waals surface area (Å²) < 4.78 is 2.29. The van der Waals surface area contributed by atoms with Crippen LogP contribution in [0, 0.1) is 13.8 Å². The third-order valence-corrected chi connectivity index (χ3v) is 5.12.